The van der Waals surface area contributed by atoms with E-state index in [1.165, 1.54) is 7.11 Å². The number of halogens is 3. The van der Waals surface area contributed by atoms with E-state index >= 15 is 4.39 Å². The largest absolute Gasteiger partial charge is 0.492 e. The van der Waals surface area contributed by atoms with Crippen LogP contribution >= 0.6 is 0 Å². The maximum atomic E-state index is 15.2. The van der Waals surface area contributed by atoms with Crippen LogP contribution in [0.2, 0.25) is 0 Å². The quantitative estimate of drug-likeness (QED) is 0.764. The van der Waals surface area contributed by atoms with Crippen molar-refractivity contribution in [2.24, 2.45) is 0 Å². The summed E-state index contributed by atoms with van der Waals surface area (Å²) in [4.78, 5) is 25.9. The van der Waals surface area contributed by atoms with Gasteiger partial charge in [-0.25, -0.2) is 18.0 Å². The number of nitrogens with one attached hydrogen (secondary N) is 1. The number of carbonyl (C=O) groups is 1. The van der Waals surface area contributed by atoms with E-state index in [0.717, 1.165) is 16.8 Å². The Morgan fingerprint density at radius 1 is 1.33 bits per heavy atom. The van der Waals surface area contributed by atoms with Gasteiger partial charge in [0.2, 0.25) is 5.43 Å². The number of anilines is 1. The average molecular weight is 427 g/mol. The molecular weight excluding hydrogens is 403 g/mol. The number of carboxylic acid groups (broad SMARTS) is 1. The molecule has 1 saturated heterocycles. The zero-order valence-electron chi connectivity index (χ0n) is 17.1. The number of hydrogen-bond acceptors (Lipinski definition) is 5. The topological polar surface area (TPSA) is 83.8 Å². The molecule has 10 heteroatoms. The highest BCUT2D eigenvalue weighted by atomic mass is 19.3. The second kappa shape index (κ2) is 7.82. The van der Waals surface area contributed by atoms with Crippen molar-refractivity contribution in [3.63, 3.8) is 0 Å². The standard InChI is InChI=1S/C20H24F3N3O4/c1-10-6-25(7-11(2)24-10)16-14(21)5-12-15(18(16)30-4)26(9-20(3,22)23)8-13(17(12)27)19(28)29/h5,8,10-11,24H,6-7,9H2,1-4H3,(H,28,29)/t10-,11+. The number of hydrogen-bond donors (Lipinski definition) is 2. The smallest absolute Gasteiger partial charge is 0.341 e. The van der Waals surface area contributed by atoms with Gasteiger partial charge in [-0.15, -0.1) is 0 Å². The van der Waals surface area contributed by atoms with Crippen LogP contribution < -0.4 is 20.4 Å². The van der Waals surface area contributed by atoms with Gasteiger partial charge in [0.05, 0.1) is 24.6 Å². The Labute approximate surface area is 171 Å². The van der Waals surface area contributed by atoms with Gasteiger partial charge in [-0.2, -0.15) is 0 Å². The first kappa shape index (κ1) is 21.9. The molecule has 30 heavy (non-hydrogen) atoms. The van der Waals surface area contributed by atoms with Crippen molar-refractivity contribution in [2.45, 2.75) is 45.3 Å². The molecule has 2 heterocycles. The maximum Gasteiger partial charge on any atom is 0.341 e. The number of rotatable bonds is 5. The van der Waals surface area contributed by atoms with Crippen LogP contribution in [-0.2, 0) is 6.54 Å². The lowest BCUT2D eigenvalue weighted by molar-refractivity contribution is 0.00473. The Bertz CT molecular complexity index is 1040. The van der Waals surface area contributed by atoms with Crippen molar-refractivity contribution in [2.75, 3.05) is 25.1 Å². The van der Waals surface area contributed by atoms with Crippen LogP contribution in [0.4, 0.5) is 18.9 Å². The Morgan fingerprint density at radius 2 is 1.93 bits per heavy atom. The Kier molecular flexibility index (Phi) is 5.72. The minimum absolute atomic E-state index is 0.0325. The average Bonchev–Trinajstić information content (AvgIpc) is 2.60. The van der Waals surface area contributed by atoms with Gasteiger partial charge in [0.25, 0.3) is 5.92 Å². The van der Waals surface area contributed by atoms with E-state index in [-0.39, 0.29) is 34.4 Å². The summed E-state index contributed by atoms with van der Waals surface area (Å²) in [5.41, 5.74) is -1.69. The van der Waals surface area contributed by atoms with Crippen LogP contribution in [0.15, 0.2) is 17.1 Å². The number of fused-ring (bicyclic) bond motifs is 1. The molecule has 0 spiro atoms. The molecule has 1 aliphatic heterocycles. The number of methoxy groups -OCH3 is 1. The van der Waals surface area contributed by atoms with Gasteiger partial charge in [0.1, 0.15) is 11.3 Å². The predicted molar refractivity (Wildman–Crippen MR) is 107 cm³/mol. The molecule has 2 aromatic rings. The molecule has 0 saturated carbocycles. The minimum Gasteiger partial charge on any atom is -0.492 e. The molecule has 3 rings (SSSR count). The van der Waals surface area contributed by atoms with Crippen LogP contribution in [-0.4, -0.2) is 53.8 Å². The SMILES string of the molecule is COc1c(N2C[C@@H](C)N[C@@H](C)C2)c(F)cc2c(=O)c(C(=O)O)cn(CC(C)(F)F)c12. The van der Waals surface area contributed by atoms with E-state index in [9.17, 15) is 23.5 Å². The number of pyridine rings is 1. The number of piperazine rings is 1. The zero-order chi connectivity index (χ0) is 22.4. The fourth-order valence-corrected chi connectivity index (χ4v) is 4.06. The van der Waals surface area contributed by atoms with Crippen molar-refractivity contribution >= 4 is 22.6 Å². The molecule has 0 bridgehead atoms. The third-order valence-electron chi connectivity index (χ3n) is 5.00. The highest BCUT2D eigenvalue weighted by Crippen LogP contribution is 2.39. The first-order valence-electron chi connectivity index (χ1n) is 9.48. The third kappa shape index (κ3) is 4.09. The molecule has 1 aromatic heterocycles. The predicted octanol–water partition coefficient (Wildman–Crippen LogP) is 2.69. The van der Waals surface area contributed by atoms with E-state index in [4.69, 9.17) is 4.74 Å². The molecule has 164 valence electrons. The fourth-order valence-electron chi connectivity index (χ4n) is 4.06. The van der Waals surface area contributed by atoms with Gasteiger partial charge in [-0.3, -0.25) is 4.79 Å². The van der Waals surface area contributed by atoms with Crippen molar-refractivity contribution in [3.8, 4) is 5.75 Å². The van der Waals surface area contributed by atoms with E-state index in [0.29, 0.717) is 20.0 Å². The van der Waals surface area contributed by atoms with Crippen LogP contribution in [0, 0.1) is 5.82 Å². The molecule has 0 amide bonds. The third-order valence-corrected chi connectivity index (χ3v) is 5.00. The van der Waals surface area contributed by atoms with Crippen LogP contribution in [0.5, 0.6) is 5.75 Å². The molecule has 7 nitrogen and oxygen atoms in total. The van der Waals surface area contributed by atoms with Crippen LogP contribution in [0.3, 0.4) is 0 Å². The molecule has 1 aliphatic rings. The number of alkyl halides is 2. The number of carboxylic acids is 1. The normalized spacial score (nSPS) is 19.9. The lowest BCUT2D eigenvalue weighted by Gasteiger charge is -2.38. The van der Waals surface area contributed by atoms with E-state index in [2.05, 4.69) is 5.32 Å². The minimum atomic E-state index is -3.21. The van der Waals surface area contributed by atoms with Crippen molar-refractivity contribution in [1.29, 1.82) is 0 Å². The zero-order valence-corrected chi connectivity index (χ0v) is 17.1. The number of ether oxygens (including phenoxy) is 1. The number of nitrogens with zero attached hydrogens (tertiary/aromatic N) is 2. The summed E-state index contributed by atoms with van der Waals surface area (Å²) in [6.07, 6.45) is 0.859. The summed E-state index contributed by atoms with van der Waals surface area (Å²) in [5.74, 6) is -5.65. The Hall–Kier alpha value is -2.75. The summed E-state index contributed by atoms with van der Waals surface area (Å²) in [6.45, 7) is 4.50. The maximum absolute atomic E-state index is 15.2. The highest BCUT2D eigenvalue weighted by Gasteiger charge is 2.31. The summed E-state index contributed by atoms with van der Waals surface area (Å²) < 4.78 is 49.3. The van der Waals surface area contributed by atoms with E-state index in [1.807, 2.05) is 13.8 Å². The lowest BCUT2D eigenvalue weighted by atomic mass is 10.1. The van der Waals surface area contributed by atoms with Gasteiger partial charge in [0.15, 0.2) is 11.6 Å². The van der Waals surface area contributed by atoms with Crippen molar-refractivity contribution < 1.29 is 27.8 Å². The number of benzene rings is 1. The monoisotopic (exact) mass is 427 g/mol. The molecule has 0 unspecified atom stereocenters. The number of aromatic nitrogens is 1. The first-order valence-corrected chi connectivity index (χ1v) is 9.48. The van der Waals surface area contributed by atoms with Crippen LogP contribution in [0.25, 0.3) is 10.9 Å². The number of aromatic carboxylic acids is 1. The van der Waals surface area contributed by atoms with Gasteiger partial charge in [-0.05, 0) is 19.9 Å². The van der Waals surface area contributed by atoms with Crippen molar-refractivity contribution in [3.05, 3.63) is 33.9 Å². The summed E-state index contributed by atoms with van der Waals surface area (Å²) in [6, 6.07) is 0.971. The summed E-state index contributed by atoms with van der Waals surface area (Å²) >= 11 is 0. The van der Waals surface area contributed by atoms with Gasteiger partial charge in [-0.1, -0.05) is 0 Å². The lowest BCUT2D eigenvalue weighted by Crippen LogP contribution is -2.54. The second-order valence-corrected chi connectivity index (χ2v) is 7.89. The molecule has 1 aromatic carbocycles. The molecule has 2 atom stereocenters. The van der Waals surface area contributed by atoms with E-state index in [1.54, 1.807) is 4.90 Å². The van der Waals surface area contributed by atoms with Gasteiger partial charge >= 0.3 is 5.97 Å². The summed E-state index contributed by atoms with van der Waals surface area (Å²) in [7, 11) is 1.26. The summed E-state index contributed by atoms with van der Waals surface area (Å²) in [5, 5.41) is 12.3. The fraction of sp³-hybridized carbons (Fsp3) is 0.500. The van der Waals surface area contributed by atoms with Crippen molar-refractivity contribution in [1.82, 2.24) is 9.88 Å². The first-order chi connectivity index (χ1) is 13.9. The highest BCUT2D eigenvalue weighted by molar-refractivity contribution is 5.97. The Morgan fingerprint density at radius 3 is 2.43 bits per heavy atom. The molecule has 1 fully saturated rings. The van der Waals surface area contributed by atoms with Gasteiger partial charge in [0, 0.05) is 38.3 Å². The van der Waals surface area contributed by atoms with Gasteiger partial charge < -0.3 is 24.6 Å². The molecule has 2 N–H and O–H groups in total. The molecule has 0 radical (unpaired) electrons. The Balaban J connectivity index is 2.37. The second-order valence-electron chi connectivity index (χ2n) is 7.89. The van der Waals surface area contributed by atoms with E-state index < -0.39 is 35.2 Å². The molecular formula is C20H24F3N3O4. The van der Waals surface area contributed by atoms with Crippen LogP contribution in [0.1, 0.15) is 31.1 Å². The molecule has 0 aliphatic carbocycles.